The highest BCUT2D eigenvalue weighted by atomic mass is 15.5. The molecular formula is C9H9BN5. The lowest BCUT2D eigenvalue weighted by Gasteiger charge is -2.12. The van der Waals surface area contributed by atoms with Gasteiger partial charge in [0.15, 0.2) is 0 Å². The van der Waals surface area contributed by atoms with E-state index in [-0.39, 0.29) is 8.41 Å². The van der Waals surface area contributed by atoms with E-state index in [1.54, 1.807) is 0 Å². The second kappa shape index (κ2) is 2.65. The monoisotopic (exact) mass is 198 g/mol. The van der Waals surface area contributed by atoms with Gasteiger partial charge in [-0.2, -0.15) is 0 Å². The predicted octanol–water partition coefficient (Wildman–Crippen LogP) is 0.233. The molecule has 3 radical (unpaired) electrons. The molecule has 0 atom stereocenters. The first-order chi connectivity index (χ1) is 6.93. The van der Waals surface area contributed by atoms with Crippen LogP contribution in [0.2, 0.25) is 0 Å². The first-order valence-electron chi connectivity index (χ1n) is 4.75. The molecule has 0 N–H and O–H groups in total. The standard InChI is InChI=1S/C9H9N5.B/c1-3-12-5-7-6-13-4-2-11-9(13)14(7)8(12)10-1;/h1-4,7H,5-6H2;. The van der Waals surface area contributed by atoms with E-state index < -0.39 is 0 Å². The molecule has 0 aromatic carbocycles. The first-order valence-corrected chi connectivity index (χ1v) is 4.75. The van der Waals surface area contributed by atoms with Gasteiger partial charge in [-0.15, -0.1) is 0 Å². The molecule has 2 aromatic heterocycles. The van der Waals surface area contributed by atoms with Crippen LogP contribution in [0.1, 0.15) is 0 Å². The third-order valence-corrected chi connectivity index (χ3v) is 3.00. The third-order valence-electron chi connectivity index (χ3n) is 3.00. The molecule has 0 saturated carbocycles. The van der Waals surface area contributed by atoms with E-state index in [0.717, 1.165) is 25.0 Å². The molecule has 6 heteroatoms. The molecule has 0 aliphatic carbocycles. The Kier molecular flexibility index (Phi) is 1.52. The van der Waals surface area contributed by atoms with Gasteiger partial charge in [0.2, 0.25) is 11.9 Å². The molecule has 2 aromatic rings. The topological polar surface area (TPSA) is 38.9 Å². The van der Waals surface area contributed by atoms with Crippen LogP contribution in [0.5, 0.6) is 0 Å². The van der Waals surface area contributed by atoms with Crippen LogP contribution >= 0.6 is 0 Å². The Labute approximate surface area is 88.9 Å². The van der Waals surface area contributed by atoms with Crippen LogP contribution in [0.15, 0.2) is 24.8 Å². The number of hydrogen-bond donors (Lipinski definition) is 0. The first kappa shape index (κ1) is 8.58. The van der Waals surface area contributed by atoms with Crippen LogP contribution < -0.4 is 4.90 Å². The van der Waals surface area contributed by atoms with Crippen LogP contribution in [-0.4, -0.2) is 33.6 Å². The van der Waals surface area contributed by atoms with Gasteiger partial charge in [-0.05, 0) is 0 Å². The number of anilines is 2. The number of fused-ring (bicyclic) bond motifs is 5. The Bertz CT molecular complexity index is 458. The zero-order valence-electron chi connectivity index (χ0n) is 8.11. The lowest BCUT2D eigenvalue weighted by atomic mass is 10.3. The third kappa shape index (κ3) is 0.887. The quantitative estimate of drug-likeness (QED) is 0.569. The Morgan fingerprint density at radius 3 is 2.07 bits per heavy atom. The van der Waals surface area contributed by atoms with Gasteiger partial charge in [0.25, 0.3) is 0 Å². The summed E-state index contributed by atoms with van der Waals surface area (Å²) in [6, 6.07) is 0.516. The molecule has 2 aliphatic rings. The van der Waals surface area contributed by atoms with Crippen molar-refractivity contribution in [3.63, 3.8) is 0 Å². The van der Waals surface area contributed by atoms with E-state index in [1.165, 1.54) is 0 Å². The minimum absolute atomic E-state index is 0. The predicted molar refractivity (Wildman–Crippen MR) is 56.1 cm³/mol. The molecule has 5 nitrogen and oxygen atoms in total. The van der Waals surface area contributed by atoms with Crippen molar-refractivity contribution in [1.82, 2.24) is 19.1 Å². The Balaban J connectivity index is 0.000000722. The minimum atomic E-state index is 0. The SMILES string of the molecule is [B].c1cn2c(n1)N1c3nccn3CC1C2. The van der Waals surface area contributed by atoms with Gasteiger partial charge < -0.3 is 9.13 Å². The van der Waals surface area contributed by atoms with Gasteiger partial charge in [0.05, 0.1) is 6.04 Å². The Hall–Kier alpha value is -1.72. The summed E-state index contributed by atoms with van der Waals surface area (Å²) in [4.78, 5) is 10.9. The number of rotatable bonds is 0. The van der Waals surface area contributed by atoms with Crippen molar-refractivity contribution in [2.24, 2.45) is 0 Å². The summed E-state index contributed by atoms with van der Waals surface area (Å²) < 4.78 is 4.37. The summed E-state index contributed by atoms with van der Waals surface area (Å²) in [6.07, 6.45) is 7.75. The number of imidazole rings is 2. The van der Waals surface area contributed by atoms with Crippen LogP contribution in [0.25, 0.3) is 0 Å². The van der Waals surface area contributed by atoms with Gasteiger partial charge in [-0.3, -0.25) is 4.90 Å². The molecule has 15 heavy (non-hydrogen) atoms. The van der Waals surface area contributed by atoms with Crippen molar-refractivity contribution in [1.29, 1.82) is 0 Å². The van der Waals surface area contributed by atoms with Crippen LogP contribution in [0, 0.1) is 0 Å². The van der Waals surface area contributed by atoms with Gasteiger partial charge in [-0.1, -0.05) is 0 Å². The van der Waals surface area contributed by atoms with Gasteiger partial charge in [0, 0.05) is 46.3 Å². The van der Waals surface area contributed by atoms with Crippen molar-refractivity contribution in [3.8, 4) is 0 Å². The fraction of sp³-hybridized carbons (Fsp3) is 0.333. The van der Waals surface area contributed by atoms with Crippen LogP contribution in [-0.2, 0) is 13.1 Å². The molecule has 73 valence electrons. The maximum atomic E-state index is 4.35. The molecule has 0 unspecified atom stereocenters. The lowest BCUT2D eigenvalue weighted by molar-refractivity contribution is 0.579. The van der Waals surface area contributed by atoms with E-state index in [0.29, 0.717) is 6.04 Å². The normalized spacial score (nSPS) is 17.2. The Morgan fingerprint density at radius 2 is 1.53 bits per heavy atom. The average molecular weight is 198 g/mol. The summed E-state index contributed by atoms with van der Waals surface area (Å²) in [7, 11) is 0. The van der Waals surface area contributed by atoms with Gasteiger partial charge in [-0.25, -0.2) is 9.97 Å². The highest BCUT2D eigenvalue weighted by Gasteiger charge is 2.38. The summed E-state index contributed by atoms with van der Waals surface area (Å²) in [5.41, 5.74) is 0. The maximum Gasteiger partial charge on any atom is 0.212 e. The van der Waals surface area contributed by atoms with Crippen molar-refractivity contribution in [2.45, 2.75) is 19.1 Å². The molecule has 2 aliphatic heterocycles. The molecule has 0 spiro atoms. The zero-order chi connectivity index (χ0) is 9.12. The van der Waals surface area contributed by atoms with Gasteiger partial charge in [0.1, 0.15) is 0 Å². The van der Waals surface area contributed by atoms with E-state index >= 15 is 0 Å². The molecule has 0 bridgehead atoms. The van der Waals surface area contributed by atoms with Crippen LogP contribution in [0.3, 0.4) is 0 Å². The van der Waals surface area contributed by atoms with E-state index in [9.17, 15) is 0 Å². The van der Waals surface area contributed by atoms with Crippen molar-refractivity contribution in [2.75, 3.05) is 4.90 Å². The fourth-order valence-corrected chi connectivity index (χ4v) is 2.42. The van der Waals surface area contributed by atoms with Crippen molar-refractivity contribution in [3.05, 3.63) is 24.8 Å². The van der Waals surface area contributed by atoms with Crippen molar-refractivity contribution >= 4 is 20.3 Å². The largest absolute Gasteiger partial charge is 0.315 e. The molecule has 0 saturated heterocycles. The molecule has 4 heterocycles. The maximum absolute atomic E-state index is 4.35. The lowest BCUT2D eigenvalue weighted by Crippen LogP contribution is -2.24. The molecule has 4 rings (SSSR count). The highest BCUT2D eigenvalue weighted by Crippen LogP contribution is 2.36. The highest BCUT2D eigenvalue weighted by molar-refractivity contribution is 5.75. The molecule has 0 amide bonds. The summed E-state index contributed by atoms with van der Waals surface area (Å²) in [6.45, 7) is 2.05. The summed E-state index contributed by atoms with van der Waals surface area (Å²) in [5.74, 6) is 2.06. The van der Waals surface area contributed by atoms with E-state index in [2.05, 4.69) is 24.0 Å². The Morgan fingerprint density at radius 1 is 1.00 bits per heavy atom. The van der Waals surface area contributed by atoms with E-state index in [4.69, 9.17) is 0 Å². The van der Waals surface area contributed by atoms with Crippen molar-refractivity contribution < 1.29 is 0 Å². The average Bonchev–Trinajstić information content (AvgIpc) is 2.77. The number of nitrogens with zero attached hydrogens (tertiary/aromatic N) is 5. The van der Waals surface area contributed by atoms with Crippen LogP contribution in [0.4, 0.5) is 11.9 Å². The van der Waals surface area contributed by atoms with E-state index in [1.807, 2.05) is 24.8 Å². The summed E-state index contributed by atoms with van der Waals surface area (Å²) >= 11 is 0. The number of aromatic nitrogens is 4. The molecule has 0 fully saturated rings. The summed E-state index contributed by atoms with van der Waals surface area (Å²) in [5, 5.41) is 0. The molecular weight excluding hydrogens is 189 g/mol. The smallest absolute Gasteiger partial charge is 0.212 e. The second-order valence-corrected chi connectivity index (χ2v) is 3.78. The minimum Gasteiger partial charge on any atom is -0.315 e. The number of hydrogen-bond acceptors (Lipinski definition) is 3. The fourth-order valence-electron chi connectivity index (χ4n) is 2.42. The zero-order valence-corrected chi connectivity index (χ0v) is 8.11. The second-order valence-electron chi connectivity index (χ2n) is 3.78. The van der Waals surface area contributed by atoms with Gasteiger partial charge >= 0.3 is 0 Å².